The van der Waals surface area contributed by atoms with Crippen LogP contribution in [0.4, 0.5) is 0 Å². The standard InChI is InChI=1S/C6H9Cl2O5P/c1-4(9)13-6(5(7)8)14(10,11-2)12-3/h1-3H3. The summed E-state index contributed by atoms with van der Waals surface area (Å²) in [5.74, 6) is -0.729. The molecule has 0 saturated carbocycles. The maximum atomic E-state index is 11.7. The first-order valence-corrected chi connectivity index (χ1v) is 5.63. The summed E-state index contributed by atoms with van der Waals surface area (Å²) in [6.07, 6.45) is 0. The number of hydrogen-bond donors (Lipinski definition) is 0. The number of halogens is 2. The first kappa shape index (κ1) is 13.9. The van der Waals surface area contributed by atoms with Crippen molar-refractivity contribution < 1.29 is 23.1 Å². The zero-order chi connectivity index (χ0) is 11.4. The second kappa shape index (κ2) is 5.73. The van der Waals surface area contributed by atoms with Crippen molar-refractivity contribution in [1.82, 2.24) is 0 Å². The third kappa shape index (κ3) is 3.59. The van der Waals surface area contributed by atoms with Crippen LogP contribution < -0.4 is 0 Å². The Morgan fingerprint density at radius 3 is 1.86 bits per heavy atom. The fourth-order valence-corrected chi connectivity index (χ4v) is 2.20. The summed E-state index contributed by atoms with van der Waals surface area (Å²) in [6.45, 7) is 1.10. The Balaban J connectivity index is 5.13. The predicted molar refractivity (Wildman–Crippen MR) is 52.1 cm³/mol. The van der Waals surface area contributed by atoms with E-state index in [0.29, 0.717) is 0 Å². The number of ether oxygens (including phenoxy) is 1. The molecule has 82 valence electrons. The lowest BCUT2D eigenvalue weighted by Crippen LogP contribution is -2.03. The number of esters is 1. The fourth-order valence-electron chi connectivity index (χ4n) is 0.574. The summed E-state index contributed by atoms with van der Waals surface area (Å²) < 4.78 is 24.8. The highest BCUT2D eigenvalue weighted by Gasteiger charge is 2.33. The molecule has 0 bridgehead atoms. The highest BCUT2D eigenvalue weighted by Crippen LogP contribution is 2.57. The summed E-state index contributed by atoms with van der Waals surface area (Å²) in [7, 11) is -1.50. The minimum absolute atomic E-state index is 0.479. The Bertz CT molecular complexity index is 289. The largest absolute Gasteiger partial charge is 0.415 e. The van der Waals surface area contributed by atoms with Crippen molar-refractivity contribution >= 4 is 36.8 Å². The molecule has 5 nitrogen and oxygen atoms in total. The van der Waals surface area contributed by atoms with Crippen molar-refractivity contribution in [3.8, 4) is 0 Å². The van der Waals surface area contributed by atoms with Gasteiger partial charge in [-0.2, -0.15) is 0 Å². The van der Waals surface area contributed by atoms with Gasteiger partial charge in [0.15, 0.2) is 4.49 Å². The van der Waals surface area contributed by atoms with E-state index >= 15 is 0 Å². The van der Waals surface area contributed by atoms with Crippen molar-refractivity contribution in [2.24, 2.45) is 0 Å². The Hall–Kier alpha value is -0.0600. The quantitative estimate of drug-likeness (QED) is 0.443. The molecule has 0 saturated heterocycles. The summed E-state index contributed by atoms with van der Waals surface area (Å²) in [4.78, 5) is 10.6. The Morgan fingerprint density at radius 1 is 1.21 bits per heavy atom. The summed E-state index contributed by atoms with van der Waals surface area (Å²) in [6, 6.07) is 0. The van der Waals surface area contributed by atoms with Crippen LogP contribution in [0.25, 0.3) is 0 Å². The van der Waals surface area contributed by atoms with E-state index in [9.17, 15) is 9.36 Å². The van der Waals surface area contributed by atoms with Crippen LogP contribution in [-0.4, -0.2) is 20.2 Å². The highest BCUT2D eigenvalue weighted by atomic mass is 35.5. The van der Waals surface area contributed by atoms with Gasteiger partial charge in [0.25, 0.3) is 0 Å². The molecule has 0 aliphatic heterocycles. The zero-order valence-corrected chi connectivity index (χ0v) is 10.2. The topological polar surface area (TPSA) is 61.8 Å². The van der Waals surface area contributed by atoms with Crippen LogP contribution in [0.5, 0.6) is 0 Å². The Kier molecular flexibility index (Phi) is 5.71. The summed E-state index contributed by atoms with van der Waals surface area (Å²) in [5.41, 5.74) is -0.515. The first-order valence-electron chi connectivity index (χ1n) is 3.33. The van der Waals surface area contributed by atoms with Gasteiger partial charge in [-0.1, -0.05) is 23.2 Å². The Morgan fingerprint density at radius 2 is 1.64 bits per heavy atom. The average molecular weight is 263 g/mol. The minimum atomic E-state index is -3.73. The molecule has 0 aliphatic rings. The lowest BCUT2D eigenvalue weighted by Gasteiger charge is -2.15. The molecule has 0 aliphatic carbocycles. The molecule has 0 fully saturated rings. The van der Waals surface area contributed by atoms with E-state index in [4.69, 9.17) is 23.2 Å². The van der Waals surface area contributed by atoms with Gasteiger partial charge >= 0.3 is 13.6 Å². The minimum Gasteiger partial charge on any atom is -0.415 e. The zero-order valence-electron chi connectivity index (χ0n) is 7.74. The van der Waals surface area contributed by atoms with E-state index in [1.165, 1.54) is 0 Å². The average Bonchev–Trinajstić information content (AvgIpc) is 2.12. The van der Waals surface area contributed by atoms with Gasteiger partial charge < -0.3 is 13.8 Å². The van der Waals surface area contributed by atoms with Gasteiger partial charge in [0, 0.05) is 21.1 Å². The van der Waals surface area contributed by atoms with Crippen LogP contribution in [-0.2, 0) is 23.1 Å². The van der Waals surface area contributed by atoms with E-state index < -0.39 is 23.6 Å². The molecule has 0 aromatic carbocycles. The van der Waals surface area contributed by atoms with Gasteiger partial charge in [-0.05, 0) is 0 Å². The number of carbonyl (C=O) groups excluding carboxylic acids is 1. The molecule has 0 atom stereocenters. The molecule has 14 heavy (non-hydrogen) atoms. The van der Waals surface area contributed by atoms with Gasteiger partial charge in [0.2, 0.25) is 5.50 Å². The fraction of sp³-hybridized carbons (Fsp3) is 0.500. The molecule has 0 N–H and O–H groups in total. The molecule has 0 radical (unpaired) electrons. The van der Waals surface area contributed by atoms with Crippen molar-refractivity contribution in [3.05, 3.63) is 9.99 Å². The smallest absolute Gasteiger partial charge is 0.398 e. The van der Waals surface area contributed by atoms with Crippen LogP contribution in [0.15, 0.2) is 9.99 Å². The van der Waals surface area contributed by atoms with Crippen LogP contribution in [0, 0.1) is 0 Å². The maximum absolute atomic E-state index is 11.7. The van der Waals surface area contributed by atoms with Gasteiger partial charge in [-0.25, -0.2) is 0 Å². The number of hydrogen-bond acceptors (Lipinski definition) is 5. The molecule has 0 heterocycles. The molecule has 8 heteroatoms. The second-order valence-corrected chi connectivity index (χ2v) is 5.10. The van der Waals surface area contributed by atoms with Gasteiger partial charge in [-0.15, -0.1) is 0 Å². The van der Waals surface area contributed by atoms with Crippen molar-refractivity contribution in [2.75, 3.05) is 14.2 Å². The SMILES string of the molecule is COP(=O)(OC)C(OC(C)=O)=C(Cl)Cl. The lowest BCUT2D eigenvalue weighted by atomic mass is 10.8. The molecule has 0 unspecified atom stereocenters. The molecule has 0 aromatic rings. The lowest BCUT2D eigenvalue weighted by molar-refractivity contribution is -0.136. The van der Waals surface area contributed by atoms with E-state index in [1.807, 2.05) is 0 Å². The molecule has 0 spiro atoms. The Labute approximate surface area is 91.4 Å². The molecule has 0 amide bonds. The van der Waals surface area contributed by atoms with Crippen LogP contribution in [0.1, 0.15) is 6.92 Å². The first-order chi connectivity index (χ1) is 6.37. The number of carbonyl (C=O) groups is 1. The van der Waals surface area contributed by atoms with E-state index in [0.717, 1.165) is 21.1 Å². The normalized spacial score (nSPS) is 10.9. The molecular weight excluding hydrogens is 254 g/mol. The third-order valence-electron chi connectivity index (χ3n) is 1.13. The van der Waals surface area contributed by atoms with Crippen molar-refractivity contribution in [2.45, 2.75) is 6.92 Å². The van der Waals surface area contributed by atoms with E-state index in [-0.39, 0.29) is 0 Å². The highest BCUT2D eigenvalue weighted by molar-refractivity contribution is 7.58. The third-order valence-corrected chi connectivity index (χ3v) is 3.51. The van der Waals surface area contributed by atoms with Gasteiger partial charge in [-0.3, -0.25) is 9.36 Å². The molecular formula is C6H9Cl2O5P. The van der Waals surface area contributed by atoms with Crippen molar-refractivity contribution in [3.63, 3.8) is 0 Å². The van der Waals surface area contributed by atoms with E-state index in [1.54, 1.807) is 0 Å². The predicted octanol–water partition coefficient (Wildman–Crippen LogP) is 2.64. The van der Waals surface area contributed by atoms with Crippen LogP contribution >= 0.6 is 30.8 Å². The number of rotatable bonds is 4. The second-order valence-electron chi connectivity index (χ2n) is 2.02. The molecule has 0 aromatic heterocycles. The van der Waals surface area contributed by atoms with Gasteiger partial charge in [0.05, 0.1) is 0 Å². The summed E-state index contributed by atoms with van der Waals surface area (Å²) in [5, 5.41) is 0. The van der Waals surface area contributed by atoms with Crippen LogP contribution in [0.3, 0.4) is 0 Å². The molecule has 0 rings (SSSR count). The summed E-state index contributed by atoms with van der Waals surface area (Å²) >= 11 is 10.7. The maximum Gasteiger partial charge on any atom is 0.398 e. The van der Waals surface area contributed by atoms with Gasteiger partial charge in [0.1, 0.15) is 0 Å². The van der Waals surface area contributed by atoms with Crippen LogP contribution in [0.2, 0.25) is 0 Å². The monoisotopic (exact) mass is 262 g/mol. The van der Waals surface area contributed by atoms with Crippen molar-refractivity contribution in [1.29, 1.82) is 0 Å². The van der Waals surface area contributed by atoms with E-state index in [2.05, 4.69) is 13.8 Å².